The number of nitrogens with zero attached hydrogens (tertiary/aromatic N) is 1. The smallest absolute Gasteiger partial charge is 0.283 e. The summed E-state index contributed by atoms with van der Waals surface area (Å²) in [6, 6.07) is 7.41. The maximum atomic E-state index is 13.7. The third-order valence-corrected chi connectivity index (χ3v) is 3.59. The number of hydrogen-bond donors (Lipinski definition) is 0. The van der Waals surface area contributed by atoms with Gasteiger partial charge in [-0.1, -0.05) is 23.9 Å². The topological polar surface area (TPSA) is 60.2 Å². The van der Waals surface area contributed by atoms with Crippen LogP contribution in [0.2, 0.25) is 0 Å². The Bertz CT molecular complexity index is 668. The monoisotopic (exact) mass is 295 g/mol. The lowest BCUT2D eigenvalue weighted by Crippen LogP contribution is -1.94. The fourth-order valence-electron chi connectivity index (χ4n) is 1.55. The van der Waals surface area contributed by atoms with Gasteiger partial charge in [-0.15, -0.1) is 0 Å². The standard InChI is InChI=1S/C13H7F2NO3S/c14-9-5-8(7-17)6-10(15)13(9)20-12-4-2-1-3-11(12)16(18)19/h1-7H. The van der Waals surface area contributed by atoms with Gasteiger partial charge in [-0.05, 0) is 18.2 Å². The van der Waals surface area contributed by atoms with Crippen molar-refractivity contribution in [3.8, 4) is 0 Å². The van der Waals surface area contributed by atoms with Crippen molar-refractivity contribution < 1.29 is 18.5 Å². The van der Waals surface area contributed by atoms with Crippen molar-refractivity contribution in [3.05, 3.63) is 63.7 Å². The molecule has 0 aliphatic heterocycles. The van der Waals surface area contributed by atoms with E-state index in [1.807, 2.05) is 0 Å². The summed E-state index contributed by atoms with van der Waals surface area (Å²) < 4.78 is 27.5. The molecule has 0 atom stereocenters. The molecule has 0 amide bonds. The minimum Gasteiger partial charge on any atom is -0.298 e. The Morgan fingerprint density at radius 3 is 2.30 bits per heavy atom. The van der Waals surface area contributed by atoms with Crippen molar-refractivity contribution in [2.24, 2.45) is 0 Å². The molecule has 4 nitrogen and oxygen atoms in total. The number of benzene rings is 2. The van der Waals surface area contributed by atoms with E-state index in [9.17, 15) is 23.7 Å². The Balaban J connectivity index is 2.45. The zero-order chi connectivity index (χ0) is 14.7. The second-order valence-electron chi connectivity index (χ2n) is 3.76. The first-order chi connectivity index (χ1) is 9.52. The third-order valence-electron chi connectivity index (χ3n) is 2.43. The van der Waals surface area contributed by atoms with Crippen LogP contribution >= 0.6 is 11.8 Å². The molecule has 0 N–H and O–H groups in total. The van der Waals surface area contributed by atoms with Gasteiger partial charge in [0.15, 0.2) is 0 Å². The Morgan fingerprint density at radius 2 is 1.75 bits per heavy atom. The number of hydrogen-bond acceptors (Lipinski definition) is 4. The minimum absolute atomic E-state index is 0.120. The maximum Gasteiger partial charge on any atom is 0.283 e. The van der Waals surface area contributed by atoms with E-state index in [2.05, 4.69) is 0 Å². The fraction of sp³-hybridized carbons (Fsp3) is 0. The van der Waals surface area contributed by atoms with E-state index in [1.165, 1.54) is 24.3 Å². The molecule has 0 aliphatic rings. The lowest BCUT2D eigenvalue weighted by molar-refractivity contribution is -0.387. The van der Waals surface area contributed by atoms with Crippen LogP contribution in [0.4, 0.5) is 14.5 Å². The van der Waals surface area contributed by atoms with Gasteiger partial charge in [0.25, 0.3) is 5.69 Å². The van der Waals surface area contributed by atoms with E-state index >= 15 is 0 Å². The average molecular weight is 295 g/mol. The Labute approximate surface area is 116 Å². The number of aldehydes is 1. The largest absolute Gasteiger partial charge is 0.298 e. The molecule has 2 aromatic rings. The number of rotatable bonds is 4. The summed E-state index contributed by atoms with van der Waals surface area (Å²) in [5.41, 5.74) is -0.373. The molecule has 0 heterocycles. The molecule has 0 spiro atoms. The van der Waals surface area contributed by atoms with Crippen molar-refractivity contribution in [2.75, 3.05) is 0 Å². The molecule has 0 saturated heterocycles. The zero-order valence-corrected chi connectivity index (χ0v) is 10.7. The molecule has 0 fully saturated rings. The highest BCUT2D eigenvalue weighted by molar-refractivity contribution is 7.99. The molecule has 2 aromatic carbocycles. The summed E-state index contributed by atoms with van der Waals surface area (Å²) in [7, 11) is 0. The van der Waals surface area contributed by atoms with Gasteiger partial charge in [0.05, 0.1) is 14.7 Å². The van der Waals surface area contributed by atoms with Crippen molar-refractivity contribution in [3.63, 3.8) is 0 Å². The molecule has 0 unspecified atom stereocenters. The molecule has 0 aliphatic carbocycles. The van der Waals surface area contributed by atoms with E-state index in [0.717, 1.165) is 12.1 Å². The van der Waals surface area contributed by atoms with Crippen LogP contribution in [-0.2, 0) is 0 Å². The van der Waals surface area contributed by atoms with E-state index in [4.69, 9.17) is 0 Å². The predicted octanol–water partition coefficient (Wildman–Crippen LogP) is 3.84. The highest BCUT2D eigenvalue weighted by Crippen LogP contribution is 2.37. The molecular weight excluding hydrogens is 288 g/mol. The first kappa shape index (κ1) is 14.1. The van der Waals surface area contributed by atoms with Gasteiger partial charge in [0.1, 0.15) is 17.9 Å². The van der Waals surface area contributed by atoms with Crippen LogP contribution in [0.15, 0.2) is 46.2 Å². The van der Waals surface area contributed by atoms with Crippen molar-refractivity contribution >= 4 is 23.7 Å². The highest BCUT2D eigenvalue weighted by atomic mass is 32.2. The summed E-state index contributed by atoms with van der Waals surface area (Å²) in [5.74, 6) is -1.87. The van der Waals surface area contributed by atoms with Crippen molar-refractivity contribution in [1.82, 2.24) is 0 Å². The summed E-state index contributed by atoms with van der Waals surface area (Å²) in [5, 5.41) is 10.8. The molecular formula is C13H7F2NO3S. The quantitative estimate of drug-likeness (QED) is 0.488. The molecule has 0 aromatic heterocycles. The van der Waals surface area contributed by atoms with Crippen LogP contribution in [0, 0.1) is 21.7 Å². The van der Waals surface area contributed by atoms with Crippen molar-refractivity contribution in [1.29, 1.82) is 0 Å². The van der Waals surface area contributed by atoms with Crippen LogP contribution in [0.3, 0.4) is 0 Å². The number of para-hydroxylation sites is 1. The number of carbonyl (C=O) groups is 1. The minimum atomic E-state index is -0.935. The van der Waals surface area contributed by atoms with E-state index in [1.54, 1.807) is 0 Å². The third kappa shape index (κ3) is 2.83. The predicted molar refractivity (Wildman–Crippen MR) is 69.0 cm³/mol. The second-order valence-corrected chi connectivity index (χ2v) is 4.81. The lowest BCUT2D eigenvalue weighted by atomic mass is 10.2. The molecule has 102 valence electrons. The van der Waals surface area contributed by atoms with Gasteiger partial charge in [-0.25, -0.2) is 8.78 Å². The molecule has 20 heavy (non-hydrogen) atoms. The zero-order valence-electron chi connectivity index (χ0n) is 9.88. The van der Waals surface area contributed by atoms with Gasteiger partial charge in [0.2, 0.25) is 0 Å². The van der Waals surface area contributed by atoms with Crippen LogP contribution in [-0.4, -0.2) is 11.2 Å². The number of nitro benzene ring substituents is 1. The summed E-state index contributed by atoms with van der Waals surface area (Å²) in [4.78, 5) is 20.4. The van der Waals surface area contributed by atoms with Crippen LogP contribution in [0.5, 0.6) is 0 Å². The maximum absolute atomic E-state index is 13.7. The molecule has 0 radical (unpaired) electrons. The van der Waals surface area contributed by atoms with E-state index in [0.29, 0.717) is 18.0 Å². The molecule has 0 bridgehead atoms. The fourth-order valence-corrected chi connectivity index (χ4v) is 2.48. The number of halogens is 2. The Hall–Kier alpha value is -2.28. The second kappa shape index (κ2) is 5.79. The van der Waals surface area contributed by atoms with Crippen LogP contribution in [0.1, 0.15) is 10.4 Å². The number of nitro groups is 1. The summed E-state index contributed by atoms with van der Waals surface area (Å²) in [6.45, 7) is 0. The van der Waals surface area contributed by atoms with Crippen LogP contribution < -0.4 is 0 Å². The summed E-state index contributed by atoms with van der Waals surface area (Å²) in [6.07, 6.45) is 0.325. The van der Waals surface area contributed by atoms with Gasteiger partial charge in [0, 0.05) is 11.6 Å². The van der Waals surface area contributed by atoms with Gasteiger partial charge >= 0.3 is 0 Å². The van der Waals surface area contributed by atoms with E-state index < -0.39 is 16.6 Å². The Morgan fingerprint density at radius 1 is 1.15 bits per heavy atom. The molecule has 2 rings (SSSR count). The van der Waals surface area contributed by atoms with Crippen molar-refractivity contribution in [2.45, 2.75) is 9.79 Å². The SMILES string of the molecule is O=Cc1cc(F)c(Sc2ccccc2[N+](=O)[O-])c(F)c1. The van der Waals surface area contributed by atoms with Gasteiger partial charge < -0.3 is 0 Å². The first-order valence-corrected chi connectivity index (χ1v) is 6.20. The highest BCUT2D eigenvalue weighted by Gasteiger charge is 2.18. The average Bonchev–Trinajstić information content (AvgIpc) is 2.42. The Kier molecular flexibility index (Phi) is 4.09. The van der Waals surface area contributed by atoms with Gasteiger partial charge in [-0.2, -0.15) is 0 Å². The van der Waals surface area contributed by atoms with Crippen LogP contribution in [0.25, 0.3) is 0 Å². The van der Waals surface area contributed by atoms with E-state index in [-0.39, 0.29) is 21.0 Å². The molecule has 7 heteroatoms. The van der Waals surface area contributed by atoms with Gasteiger partial charge in [-0.3, -0.25) is 14.9 Å². The lowest BCUT2D eigenvalue weighted by Gasteiger charge is -2.06. The molecule has 0 saturated carbocycles. The normalized spacial score (nSPS) is 10.3. The summed E-state index contributed by atoms with van der Waals surface area (Å²) >= 11 is 0.607. The number of carbonyl (C=O) groups excluding carboxylic acids is 1. The first-order valence-electron chi connectivity index (χ1n) is 5.38.